The maximum absolute atomic E-state index is 11.8. The molecule has 0 aromatic carbocycles. The number of carbonyl (C=O) groups excluding carboxylic acids is 1. The maximum Gasteiger partial charge on any atom is 0.326 e. The van der Waals surface area contributed by atoms with E-state index in [4.69, 9.17) is 10.2 Å². The Balaban J connectivity index is 2.61. The van der Waals surface area contributed by atoms with Gasteiger partial charge in [-0.3, -0.25) is 4.79 Å². The van der Waals surface area contributed by atoms with E-state index in [1.165, 1.54) is 4.90 Å². The SMILES string of the molecule is CC1(O)CCCN(C(=O)N[C@H](CC(=O)O)C(=O)O)C1. The van der Waals surface area contributed by atoms with Crippen molar-refractivity contribution in [1.82, 2.24) is 10.2 Å². The normalized spacial score (nSPS) is 24.6. The number of carboxylic acid groups (broad SMARTS) is 2. The summed E-state index contributed by atoms with van der Waals surface area (Å²) in [7, 11) is 0. The topological polar surface area (TPSA) is 127 Å². The molecule has 0 radical (unpaired) electrons. The zero-order valence-electron chi connectivity index (χ0n) is 10.6. The third kappa shape index (κ3) is 4.74. The van der Waals surface area contributed by atoms with E-state index >= 15 is 0 Å². The molecule has 0 bridgehead atoms. The van der Waals surface area contributed by atoms with E-state index in [1.54, 1.807) is 6.92 Å². The summed E-state index contributed by atoms with van der Waals surface area (Å²) in [5.41, 5.74) is -0.999. The molecule has 2 amide bonds. The molecule has 0 aromatic rings. The number of aliphatic hydroxyl groups is 1. The van der Waals surface area contributed by atoms with Crippen LogP contribution in [0.3, 0.4) is 0 Å². The summed E-state index contributed by atoms with van der Waals surface area (Å²) in [6.45, 7) is 2.10. The summed E-state index contributed by atoms with van der Waals surface area (Å²) in [6, 6.07) is -2.15. The minimum atomic E-state index is -1.48. The summed E-state index contributed by atoms with van der Waals surface area (Å²) in [5, 5.41) is 29.4. The summed E-state index contributed by atoms with van der Waals surface area (Å²) < 4.78 is 0. The van der Waals surface area contributed by atoms with Gasteiger partial charge in [-0.15, -0.1) is 0 Å². The Morgan fingerprint density at radius 3 is 2.47 bits per heavy atom. The van der Waals surface area contributed by atoms with Crippen molar-refractivity contribution < 1.29 is 29.7 Å². The Morgan fingerprint density at radius 2 is 2.00 bits per heavy atom. The fourth-order valence-corrected chi connectivity index (χ4v) is 2.01. The molecule has 1 aliphatic rings. The van der Waals surface area contributed by atoms with Crippen LogP contribution in [-0.2, 0) is 9.59 Å². The van der Waals surface area contributed by atoms with Crippen molar-refractivity contribution in [2.75, 3.05) is 13.1 Å². The minimum absolute atomic E-state index is 0.0955. The number of carbonyl (C=O) groups is 3. The predicted molar refractivity (Wildman–Crippen MR) is 63.6 cm³/mol. The van der Waals surface area contributed by atoms with Gasteiger partial charge in [0.05, 0.1) is 18.6 Å². The average Bonchev–Trinajstić information content (AvgIpc) is 2.25. The molecule has 0 saturated carbocycles. The largest absolute Gasteiger partial charge is 0.481 e. The molecule has 1 heterocycles. The molecule has 8 nitrogen and oxygen atoms in total. The van der Waals surface area contributed by atoms with Gasteiger partial charge in [0.25, 0.3) is 0 Å². The number of nitrogens with zero attached hydrogens (tertiary/aromatic N) is 1. The third-order valence-electron chi connectivity index (χ3n) is 2.94. The molecular formula is C11H18N2O6. The van der Waals surface area contributed by atoms with Crippen LogP contribution >= 0.6 is 0 Å². The predicted octanol–water partition coefficient (Wildman–Crippen LogP) is -0.529. The van der Waals surface area contributed by atoms with E-state index in [0.29, 0.717) is 19.4 Å². The van der Waals surface area contributed by atoms with Gasteiger partial charge in [-0.2, -0.15) is 0 Å². The zero-order chi connectivity index (χ0) is 14.6. The van der Waals surface area contributed by atoms with Crippen molar-refractivity contribution in [3.63, 3.8) is 0 Å². The lowest BCUT2D eigenvalue weighted by molar-refractivity contribution is -0.145. The van der Waals surface area contributed by atoms with E-state index in [2.05, 4.69) is 5.32 Å². The molecule has 0 aromatic heterocycles. The van der Waals surface area contributed by atoms with Gasteiger partial charge >= 0.3 is 18.0 Å². The number of rotatable bonds is 4. The van der Waals surface area contributed by atoms with Crippen molar-refractivity contribution in [2.45, 2.75) is 37.8 Å². The molecule has 19 heavy (non-hydrogen) atoms. The maximum atomic E-state index is 11.8. The molecule has 8 heteroatoms. The lowest BCUT2D eigenvalue weighted by atomic mass is 9.95. The number of hydrogen-bond donors (Lipinski definition) is 4. The number of β-amino-alcohol motifs (C(OH)–C–C–N with tert-alkyl or cyclic N) is 1. The lowest BCUT2D eigenvalue weighted by Gasteiger charge is -2.37. The number of amides is 2. The molecule has 1 aliphatic heterocycles. The Hall–Kier alpha value is -1.83. The monoisotopic (exact) mass is 274 g/mol. The van der Waals surface area contributed by atoms with Crippen LogP contribution in [-0.4, -0.2) is 62.9 Å². The molecule has 108 valence electrons. The molecule has 1 unspecified atom stereocenters. The van der Waals surface area contributed by atoms with Gasteiger partial charge in [0.15, 0.2) is 0 Å². The van der Waals surface area contributed by atoms with E-state index in [9.17, 15) is 19.5 Å². The van der Waals surface area contributed by atoms with Crippen LogP contribution in [0.25, 0.3) is 0 Å². The summed E-state index contributed by atoms with van der Waals surface area (Å²) in [6.07, 6.45) is 0.483. The number of piperidine rings is 1. The van der Waals surface area contributed by atoms with E-state index in [-0.39, 0.29) is 6.54 Å². The summed E-state index contributed by atoms with van der Waals surface area (Å²) >= 11 is 0. The fraction of sp³-hybridized carbons (Fsp3) is 0.727. The number of hydrogen-bond acceptors (Lipinski definition) is 4. The highest BCUT2D eigenvalue weighted by Gasteiger charge is 2.33. The molecule has 0 spiro atoms. The highest BCUT2D eigenvalue weighted by Crippen LogP contribution is 2.20. The standard InChI is InChI=1S/C11H18N2O6/c1-11(19)3-2-4-13(6-11)10(18)12-7(9(16)17)5-8(14)15/h7,19H,2-6H2,1H3,(H,12,18)(H,14,15)(H,16,17)/t7-,11?/m1/s1. The van der Waals surface area contributed by atoms with Crippen molar-refractivity contribution in [3.8, 4) is 0 Å². The molecule has 1 fully saturated rings. The van der Waals surface area contributed by atoms with Gasteiger partial charge in [0.2, 0.25) is 0 Å². The first-order valence-electron chi connectivity index (χ1n) is 5.94. The van der Waals surface area contributed by atoms with Gasteiger partial charge < -0.3 is 25.5 Å². The number of urea groups is 1. The second-order valence-corrected chi connectivity index (χ2v) is 4.96. The molecule has 1 rings (SSSR count). The lowest BCUT2D eigenvalue weighted by Crippen LogP contribution is -2.55. The quantitative estimate of drug-likeness (QED) is 0.546. The van der Waals surface area contributed by atoms with Gasteiger partial charge in [-0.25, -0.2) is 9.59 Å². The minimum Gasteiger partial charge on any atom is -0.481 e. The third-order valence-corrected chi connectivity index (χ3v) is 2.94. The number of aliphatic carboxylic acids is 2. The van der Waals surface area contributed by atoms with E-state index in [0.717, 1.165) is 0 Å². The Morgan fingerprint density at radius 1 is 1.37 bits per heavy atom. The smallest absolute Gasteiger partial charge is 0.326 e. The van der Waals surface area contributed by atoms with E-state index < -0.39 is 36.0 Å². The van der Waals surface area contributed by atoms with E-state index in [1.807, 2.05) is 0 Å². The van der Waals surface area contributed by atoms with Gasteiger partial charge in [-0.1, -0.05) is 0 Å². The molecule has 2 atom stereocenters. The first kappa shape index (κ1) is 15.2. The van der Waals surface area contributed by atoms with Crippen molar-refractivity contribution in [1.29, 1.82) is 0 Å². The van der Waals surface area contributed by atoms with Crippen LogP contribution in [0.15, 0.2) is 0 Å². The van der Waals surface area contributed by atoms with Gasteiger partial charge in [0, 0.05) is 6.54 Å². The van der Waals surface area contributed by atoms with Crippen molar-refractivity contribution in [2.24, 2.45) is 0 Å². The molecule has 0 aliphatic carbocycles. The van der Waals surface area contributed by atoms with Crippen molar-refractivity contribution in [3.05, 3.63) is 0 Å². The summed E-state index contributed by atoms with van der Waals surface area (Å²) in [5.74, 6) is -2.71. The number of likely N-dealkylation sites (tertiary alicyclic amines) is 1. The van der Waals surface area contributed by atoms with Crippen LogP contribution in [0.5, 0.6) is 0 Å². The molecule has 4 N–H and O–H groups in total. The summed E-state index contributed by atoms with van der Waals surface area (Å²) in [4.78, 5) is 34.5. The van der Waals surface area contributed by atoms with Crippen LogP contribution < -0.4 is 5.32 Å². The Labute approximate surface area is 110 Å². The average molecular weight is 274 g/mol. The Kier molecular flexibility index (Phi) is 4.71. The second kappa shape index (κ2) is 5.87. The van der Waals surface area contributed by atoms with Crippen LogP contribution in [0.4, 0.5) is 4.79 Å². The molecular weight excluding hydrogens is 256 g/mol. The van der Waals surface area contributed by atoms with Crippen molar-refractivity contribution >= 4 is 18.0 Å². The van der Waals surface area contributed by atoms with Crippen LogP contribution in [0.1, 0.15) is 26.2 Å². The first-order valence-corrected chi connectivity index (χ1v) is 5.94. The van der Waals surface area contributed by atoms with Crippen LogP contribution in [0, 0.1) is 0 Å². The number of carboxylic acids is 2. The highest BCUT2D eigenvalue weighted by atomic mass is 16.4. The first-order chi connectivity index (χ1) is 8.71. The van der Waals surface area contributed by atoms with Gasteiger partial charge in [-0.05, 0) is 19.8 Å². The zero-order valence-corrected chi connectivity index (χ0v) is 10.6. The number of nitrogens with one attached hydrogen (secondary N) is 1. The molecule has 1 saturated heterocycles. The second-order valence-electron chi connectivity index (χ2n) is 4.96. The van der Waals surface area contributed by atoms with Crippen LogP contribution in [0.2, 0.25) is 0 Å². The van der Waals surface area contributed by atoms with Gasteiger partial charge in [0.1, 0.15) is 6.04 Å². The highest BCUT2D eigenvalue weighted by molar-refractivity contribution is 5.86. The Bertz CT molecular complexity index is 381. The fourth-order valence-electron chi connectivity index (χ4n) is 2.01.